The van der Waals surface area contributed by atoms with E-state index in [2.05, 4.69) is 11.6 Å². The lowest BCUT2D eigenvalue weighted by Crippen LogP contribution is -2.53. The number of carbonyl (C=O) groups excluding carboxylic acids is 1. The van der Waals surface area contributed by atoms with Crippen molar-refractivity contribution in [1.82, 2.24) is 14.9 Å². The fourth-order valence-corrected chi connectivity index (χ4v) is 5.16. The molecule has 1 atom stereocenters. The first-order valence-electron chi connectivity index (χ1n) is 12.0. The number of piperazine rings is 1. The van der Waals surface area contributed by atoms with Crippen LogP contribution in [0.25, 0.3) is 33.3 Å². The molecule has 2 aromatic heterocycles. The maximum atomic E-state index is 15.9. The van der Waals surface area contributed by atoms with Gasteiger partial charge in [0.25, 0.3) is 0 Å². The van der Waals surface area contributed by atoms with Gasteiger partial charge in [-0.25, -0.2) is 14.4 Å². The van der Waals surface area contributed by atoms with E-state index in [9.17, 15) is 9.18 Å². The van der Waals surface area contributed by atoms with Gasteiger partial charge < -0.3 is 9.80 Å². The molecule has 1 aliphatic rings. The SMILES string of the molecule is C=CC(=O)N1CCN(c2nc(F)c(-c3ccccc3C)c3nc(-c4ccccc4F)c(Cl)cc23)[C@@H](C)C1. The van der Waals surface area contributed by atoms with E-state index in [-0.39, 0.29) is 33.8 Å². The highest BCUT2D eigenvalue weighted by atomic mass is 35.5. The molecular weight excluding hydrogens is 494 g/mol. The summed E-state index contributed by atoms with van der Waals surface area (Å²) in [6, 6.07) is 15.2. The van der Waals surface area contributed by atoms with Crippen LogP contribution in [0.3, 0.4) is 0 Å². The number of anilines is 1. The van der Waals surface area contributed by atoms with Crippen molar-refractivity contribution in [3.05, 3.63) is 89.6 Å². The maximum Gasteiger partial charge on any atom is 0.246 e. The predicted molar refractivity (Wildman–Crippen MR) is 144 cm³/mol. The summed E-state index contributed by atoms with van der Waals surface area (Å²) in [5.41, 5.74) is 2.54. The molecule has 5 nitrogen and oxygen atoms in total. The summed E-state index contributed by atoms with van der Waals surface area (Å²) >= 11 is 6.68. The van der Waals surface area contributed by atoms with Crippen molar-refractivity contribution in [2.45, 2.75) is 19.9 Å². The molecule has 0 radical (unpaired) electrons. The number of nitrogens with zero attached hydrogens (tertiary/aromatic N) is 4. The molecule has 37 heavy (non-hydrogen) atoms. The van der Waals surface area contributed by atoms with Gasteiger partial charge in [0.15, 0.2) is 0 Å². The molecule has 0 aliphatic carbocycles. The van der Waals surface area contributed by atoms with Crippen LogP contribution in [0.2, 0.25) is 5.02 Å². The van der Waals surface area contributed by atoms with Crippen molar-refractivity contribution in [2.75, 3.05) is 24.5 Å². The minimum atomic E-state index is -0.678. The second-order valence-corrected chi connectivity index (χ2v) is 9.55. The van der Waals surface area contributed by atoms with E-state index >= 15 is 4.39 Å². The fraction of sp³-hybridized carbons (Fsp3) is 0.207. The Kier molecular flexibility index (Phi) is 6.65. The molecule has 0 spiro atoms. The smallest absolute Gasteiger partial charge is 0.246 e. The van der Waals surface area contributed by atoms with Gasteiger partial charge in [-0.3, -0.25) is 4.79 Å². The van der Waals surface area contributed by atoms with Crippen molar-refractivity contribution in [1.29, 1.82) is 0 Å². The van der Waals surface area contributed by atoms with Crippen molar-refractivity contribution in [3.63, 3.8) is 0 Å². The van der Waals surface area contributed by atoms with Gasteiger partial charge in [-0.1, -0.05) is 54.6 Å². The van der Waals surface area contributed by atoms with Gasteiger partial charge in [-0.05, 0) is 49.2 Å². The monoisotopic (exact) mass is 518 g/mol. The van der Waals surface area contributed by atoms with E-state index in [4.69, 9.17) is 16.6 Å². The molecule has 0 saturated carbocycles. The Morgan fingerprint density at radius 3 is 2.46 bits per heavy atom. The quantitative estimate of drug-likeness (QED) is 0.231. The Morgan fingerprint density at radius 2 is 1.78 bits per heavy atom. The van der Waals surface area contributed by atoms with Gasteiger partial charge >= 0.3 is 0 Å². The summed E-state index contributed by atoms with van der Waals surface area (Å²) in [6.07, 6.45) is 1.29. The van der Waals surface area contributed by atoms with Gasteiger partial charge in [-0.2, -0.15) is 4.39 Å². The number of amides is 1. The molecule has 3 heterocycles. The van der Waals surface area contributed by atoms with Crippen LogP contribution >= 0.6 is 11.6 Å². The molecule has 1 saturated heterocycles. The van der Waals surface area contributed by atoms with E-state index in [1.54, 1.807) is 29.2 Å². The second-order valence-electron chi connectivity index (χ2n) is 9.14. The summed E-state index contributed by atoms with van der Waals surface area (Å²) in [7, 11) is 0. The van der Waals surface area contributed by atoms with Crippen LogP contribution in [0.15, 0.2) is 67.3 Å². The summed E-state index contributed by atoms with van der Waals surface area (Å²) in [5, 5.41) is 0.788. The molecule has 0 N–H and O–H groups in total. The summed E-state index contributed by atoms with van der Waals surface area (Å²) in [6.45, 7) is 8.72. The fourth-order valence-electron chi connectivity index (χ4n) is 4.91. The molecule has 8 heteroatoms. The number of pyridine rings is 2. The Balaban J connectivity index is 1.75. The molecule has 188 valence electrons. The Labute approximate surface area is 219 Å². The average molecular weight is 519 g/mol. The minimum Gasteiger partial charge on any atom is -0.350 e. The number of aromatic nitrogens is 2. The van der Waals surface area contributed by atoms with E-state index in [0.717, 1.165) is 5.56 Å². The molecular formula is C29H25ClF2N4O. The van der Waals surface area contributed by atoms with Crippen LogP contribution in [0, 0.1) is 18.7 Å². The maximum absolute atomic E-state index is 15.9. The summed E-state index contributed by atoms with van der Waals surface area (Å²) in [4.78, 5) is 25.0. The minimum absolute atomic E-state index is 0.148. The van der Waals surface area contributed by atoms with E-state index in [0.29, 0.717) is 41.9 Å². The van der Waals surface area contributed by atoms with Gasteiger partial charge in [0.1, 0.15) is 11.6 Å². The van der Waals surface area contributed by atoms with Crippen LogP contribution in [0.5, 0.6) is 0 Å². The summed E-state index contributed by atoms with van der Waals surface area (Å²) < 4.78 is 30.7. The number of halogens is 3. The van der Waals surface area contributed by atoms with Crippen molar-refractivity contribution in [3.8, 4) is 22.4 Å². The highest BCUT2D eigenvalue weighted by Crippen LogP contribution is 2.40. The number of benzene rings is 2. The topological polar surface area (TPSA) is 49.3 Å². The lowest BCUT2D eigenvalue weighted by Gasteiger charge is -2.40. The van der Waals surface area contributed by atoms with E-state index < -0.39 is 11.8 Å². The van der Waals surface area contributed by atoms with Crippen LogP contribution in [0.4, 0.5) is 14.6 Å². The van der Waals surface area contributed by atoms with E-state index in [1.165, 1.54) is 12.1 Å². The third-order valence-corrected chi connectivity index (χ3v) is 7.08. The number of rotatable bonds is 4. The molecule has 5 rings (SSSR count). The first-order valence-corrected chi connectivity index (χ1v) is 12.4. The largest absolute Gasteiger partial charge is 0.350 e. The van der Waals surface area contributed by atoms with Crippen LogP contribution < -0.4 is 4.90 Å². The third-order valence-electron chi connectivity index (χ3n) is 6.79. The van der Waals surface area contributed by atoms with Gasteiger partial charge in [0.05, 0.1) is 21.8 Å². The molecule has 1 aliphatic heterocycles. The number of hydrogen-bond donors (Lipinski definition) is 0. The second kappa shape index (κ2) is 9.90. The zero-order chi connectivity index (χ0) is 26.3. The first kappa shape index (κ1) is 24.8. The first-order chi connectivity index (χ1) is 17.8. The normalized spacial score (nSPS) is 15.8. The average Bonchev–Trinajstić information content (AvgIpc) is 2.89. The lowest BCUT2D eigenvalue weighted by atomic mass is 9.98. The highest BCUT2D eigenvalue weighted by molar-refractivity contribution is 6.34. The van der Waals surface area contributed by atoms with Gasteiger partial charge in [0.2, 0.25) is 11.9 Å². The van der Waals surface area contributed by atoms with E-state index in [1.807, 2.05) is 43.0 Å². The molecule has 0 unspecified atom stereocenters. The third kappa shape index (κ3) is 4.44. The molecule has 2 aromatic carbocycles. The number of hydrogen-bond acceptors (Lipinski definition) is 4. The van der Waals surface area contributed by atoms with Crippen LogP contribution in [-0.4, -0.2) is 46.5 Å². The van der Waals surface area contributed by atoms with Crippen molar-refractivity contribution >= 4 is 34.2 Å². The van der Waals surface area contributed by atoms with Crippen LogP contribution in [0.1, 0.15) is 12.5 Å². The zero-order valence-electron chi connectivity index (χ0n) is 20.5. The Bertz CT molecular complexity index is 1540. The van der Waals surface area contributed by atoms with Crippen LogP contribution in [-0.2, 0) is 4.79 Å². The highest BCUT2D eigenvalue weighted by Gasteiger charge is 2.30. The molecule has 1 fully saturated rings. The number of fused-ring (bicyclic) bond motifs is 1. The lowest BCUT2D eigenvalue weighted by molar-refractivity contribution is -0.126. The number of aryl methyl sites for hydroxylation is 1. The van der Waals surface area contributed by atoms with Crippen molar-refractivity contribution < 1.29 is 13.6 Å². The van der Waals surface area contributed by atoms with Gasteiger partial charge in [0, 0.05) is 36.6 Å². The standard InChI is InChI=1S/C29H25ClF2N4O/c1-4-24(37)35-13-14-36(18(3)16-35)29-21-15-22(30)26(20-11-7-8-12-23(20)31)33-27(21)25(28(32)34-29)19-10-6-5-9-17(19)2/h4-12,15,18H,1,13-14,16H2,2-3H3/t18-/m0/s1. The molecule has 0 bridgehead atoms. The number of carbonyl (C=O) groups is 1. The summed E-state index contributed by atoms with van der Waals surface area (Å²) in [5.74, 6) is -0.912. The molecule has 4 aromatic rings. The predicted octanol–water partition coefficient (Wildman–Crippen LogP) is 6.43. The van der Waals surface area contributed by atoms with Gasteiger partial charge in [-0.15, -0.1) is 0 Å². The Morgan fingerprint density at radius 1 is 1.08 bits per heavy atom. The Hall–Kier alpha value is -3.84. The van der Waals surface area contributed by atoms with Crippen molar-refractivity contribution in [2.24, 2.45) is 0 Å². The zero-order valence-corrected chi connectivity index (χ0v) is 21.3. The molecule has 1 amide bonds.